The first kappa shape index (κ1) is 22.6. The largest absolute Gasteiger partial charge is 0.546 e. The van der Waals surface area contributed by atoms with Gasteiger partial charge >= 0.3 is 15.6 Å². The quantitative estimate of drug-likeness (QED) is 0.409. The molecule has 0 bridgehead atoms. The van der Waals surface area contributed by atoms with Gasteiger partial charge in [-0.05, 0) is 49.6 Å². The zero-order valence-electron chi connectivity index (χ0n) is 14.9. The average Bonchev–Trinajstić information content (AvgIpc) is 2.66. The van der Waals surface area contributed by atoms with Crippen LogP contribution in [0.5, 0.6) is 0 Å². The molecule has 0 spiro atoms. The number of aryl methyl sites for hydroxylation is 1. The Balaban J connectivity index is 0.000000314. The second-order valence-corrected chi connectivity index (χ2v) is 7.78. The summed E-state index contributed by atoms with van der Waals surface area (Å²) in [6.07, 6.45) is 0. The van der Waals surface area contributed by atoms with Crippen LogP contribution in [0.4, 0.5) is 0 Å². The van der Waals surface area contributed by atoms with Crippen molar-refractivity contribution in [3.63, 3.8) is 0 Å². The van der Waals surface area contributed by atoms with E-state index in [4.69, 9.17) is 24.0 Å². The Bertz CT molecular complexity index is 693. The lowest BCUT2D eigenvalue weighted by Gasteiger charge is -2.15. The van der Waals surface area contributed by atoms with Gasteiger partial charge in [0.25, 0.3) is 0 Å². The minimum Gasteiger partial charge on any atom is -0.250 e. The fourth-order valence-electron chi connectivity index (χ4n) is 1.63. The van der Waals surface area contributed by atoms with Gasteiger partial charge in [0.15, 0.2) is 0 Å². The van der Waals surface area contributed by atoms with Crippen LogP contribution in [-0.4, -0.2) is 18.1 Å². The van der Waals surface area contributed by atoms with Crippen LogP contribution < -0.4 is 10.6 Å². The lowest BCUT2D eigenvalue weighted by Crippen LogP contribution is -2.11. The molecule has 0 aliphatic heterocycles. The van der Waals surface area contributed by atoms with Gasteiger partial charge in [-0.2, -0.15) is 4.89 Å². The highest BCUT2D eigenvalue weighted by atomic mass is 31.2. The molecule has 0 aliphatic rings. The van der Waals surface area contributed by atoms with Crippen molar-refractivity contribution in [2.45, 2.75) is 20.8 Å². The van der Waals surface area contributed by atoms with Crippen molar-refractivity contribution < 1.29 is 33.1 Å². The molecule has 1 N–H and O–H groups in total. The molecule has 7 nitrogen and oxygen atoms in total. The zero-order valence-corrected chi connectivity index (χ0v) is 16.7. The molecule has 2 rings (SSSR count). The normalized spacial score (nSPS) is 11.5. The highest BCUT2D eigenvalue weighted by Crippen LogP contribution is 2.47. The van der Waals surface area contributed by atoms with E-state index in [1.54, 1.807) is 50.2 Å². The van der Waals surface area contributed by atoms with Crippen LogP contribution in [0.25, 0.3) is 0 Å². The molecule has 0 amide bonds. The molecule has 0 fully saturated rings. The van der Waals surface area contributed by atoms with E-state index >= 15 is 0 Å². The molecule has 1 atom stereocenters. The van der Waals surface area contributed by atoms with Crippen molar-refractivity contribution >= 4 is 26.2 Å². The van der Waals surface area contributed by atoms with E-state index in [1.807, 2.05) is 25.1 Å². The van der Waals surface area contributed by atoms with Gasteiger partial charge in [0.1, 0.15) is 0 Å². The summed E-state index contributed by atoms with van der Waals surface area (Å²) < 4.78 is 32.3. The molecule has 2 aromatic carbocycles. The van der Waals surface area contributed by atoms with Crippen LogP contribution in [0.3, 0.4) is 0 Å². The summed E-state index contributed by atoms with van der Waals surface area (Å²) in [4.78, 5) is 18.0. The summed E-state index contributed by atoms with van der Waals surface area (Å²) in [7, 11) is -5.71. The van der Waals surface area contributed by atoms with E-state index in [2.05, 4.69) is 0 Å². The van der Waals surface area contributed by atoms with Gasteiger partial charge in [0.05, 0.1) is 18.5 Å². The molecule has 0 saturated heterocycles. The third kappa shape index (κ3) is 7.85. The van der Waals surface area contributed by atoms with E-state index in [0.29, 0.717) is 10.6 Å². The molecule has 2 aromatic rings. The predicted molar refractivity (Wildman–Crippen MR) is 99.7 cm³/mol. The van der Waals surface area contributed by atoms with Gasteiger partial charge < -0.3 is 0 Å². The molecular weight excluding hydrogens is 378 g/mol. The maximum atomic E-state index is 12.3. The van der Waals surface area contributed by atoms with Crippen LogP contribution in [-0.2, 0) is 28.3 Å². The van der Waals surface area contributed by atoms with Gasteiger partial charge in [-0.15, -0.1) is 9.35 Å². The van der Waals surface area contributed by atoms with Gasteiger partial charge in [0, 0.05) is 0 Å². The Hall–Kier alpha value is -1.43. The van der Waals surface area contributed by atoms with Gasteiger partial charge in [-0.3, -0.25) is 0 Å². The maximum Gasteiger partial charge on any atom is 0.546 e. The number of benzene rings is 2. The molecule has 0 aromatic heterocycles. The fourth-order valence-corrected chi connectivity index (χ4v) is 3.25. The second-order valence-electron chi connectivity index (χ2n) is 4.90. The van der Waals surface area contributed by atoms with Crippen molar-refractivity contribution in [2.75, 3.05) is 13.2 Å². The van der Waals surface area contributed by atoms with Crippen molar-refractivity contribution in [3.05, 3.63) is 60.2 Å². The first-order chi connectivity index (χ1) is 12.4. The topological polar surface area (TPSA) is 91.3 Å². The van der Waals surface area contributed by atoms with E-state index in [9.17, 15) is 9.13 Å². The summed E-state index contributed by atoms with van der Waals surface area (Å²) in [6, 6.07) is 15.5. The van der Waals surface area contributed by atoms with Crippen molar-refractivity contribution in [2.24, 2.45) is 0 Å². The molecule has 0 radical (unpaired) electrons. The smallest absolute Gasteiger partial charge is 0.250 e. The Kier molecular flexibility index (Phi) is 10.5. The van der Waals surface area contributed by atoms with Crippen LogP contribution in [0.15, 0.2) is 54.6 Å². The maximum absolute atomic E-state index is 12.3. The molecular formula is C17H23O7P2+. The predicted octanol–water partition coefficient (Wildman–Crippen LogP) is 3.80. The third-order valence-corrected chi connectivity index (χ3v) is 5.14. The standard InChI is InChI=1S/C11H17O5P.C6H5O2P/c1-4-13-15-17(12,16-14-5-2)11-8-6-10(3)7-9-11;7-9(8)6-4-2-1-3-5-6/h6-9H,4-5H2,1-3H3;1-5H/p+1. The van der Waals surface area contributed by atoms with Crippen LogP contribution >= 0.6 is 15.6 Å². The first-order valence-corrected chi connectivity index (χ1v) is 10.7. The highest BCUT2D eigenvalue weighted by molar-refractivity contribution is 7.62. The lowest BCUT2D eigenvalue weighted by molar-refractivity contribution is -0.260. The molecule has 26 heavy (non-hydrogen) atoms. The van der Waals surface area contributed by atoms with Gasteiger partial charge in [-0.25, -0.2) is 14.3 Å². The molecule has 0 saturated carbocycles. The van der Waals surface area contributed by atoms with E-state index in [1.165, 1.54) is 0 Å². The summed E-state index contributed by atoms with van der Waals surface area (Å²) >= 11 is 0. The Morgan fingerprint density at radius 3 is 1.81 bits per heavy atom. The SMILES string of the molecule is CCOOP(=O)(OOCC)c1ccc(C)cc1.O=[P+](O)c1ccccc1. The minimum absolute atomic E-state index is 0.269. The fraction of sp³-hybridized carbons (Fsp3) is 0.294. The minimum atomic E-state index is -3.57. The second kappa shape index (κ2) is 12.0. The number of rotatable bonds is 8. The Labute approximate surface area is 154 Å². The summed E-state index contributed by atoms with van der Waals surface area (Å²) in [6.45, 7) is 5.92. The lowest BCUT2D eigenvalue weighted by atomic mass is 10.2. The molecule has 0 aliphatic carbocycles. The summed E-state index contributed by atoms with van der Waals surface area (Å²) in [5.74, 6) is 0. The molecule has 1 unspecified atom stereocenters. The summed E-state index contributed by atoms with van der Waals surface area (Å²) in [5.41, 5.74) is 1.05. The van der Waals surface area contributed by atoms with Crippen molar-refractivity contribution in [3.8, 4) is 0 Å². The van der Waals surface area contributed by atoms with Crippen molar-refractivity contribution in [1.29, 1.82) is 0 Å². The highest BCUT2D eigenvalue weighted by Gasteiger charge is 2.30. The molecule has 9 heteroatoms. The monoisotopic (exact) mass is 401 g/mol. The number of hydrogen-bond acceptors (Lipinski definition) is 6. The average molecular weight is 401 g/mol. The van der Waals surface area contributed by atoms with Crippen LogP contribution in [0.1, 0.15) is 19.4 Å². The first-order valence-electron chi connectivity index (χ1n) is 7.93. The van der Waals surface area contributed by atoms with E-state index in [0.717, 1.165) is 5.56 Å². The van der Waals surface area contributed by atoms with Gasteiger partial charge in [-0.1, -0.05) is 35.9 Å². The van der Waals surface area contributed by atoms with Crippen LogP contribution in [0, 0.1) is 6.92 Å². The Morgan fingerprint density at radius 2 is 1.42 bits per heavy atom. The third-order valence-electron chi connectivity index (χ3n) is 2.86. The van der Waals surface area contributed by atoms with E-state index in [-0.39, 0.29) is 13.2 Å². The van der Waals surface area contributed by atoms with Gasteiger partial charge in [0.2, 0.25) is 5.30 Å². The van der Waals surface area contributed by atoms with E-state index < -0.39 is 15.6 Å². The number of hydrogen-bond donors (Lipinski definition) is 1. The van der Waals surface area contributed by atoms with Crippen LogP contribution in [0.2, 0.25) is 0 Å². The zero-order chi connectivity index (χ0) is 19.4. The Morgan fingerprint density at radius 1 is 0.923 bits per heavy atom. The van der Waals surface area contributed by atoms with Crippen molar-refractivity contribution in [1.82, 2.24) is 0 Å². The molecule has 142 valence electrons. The molecule has 0 heterocycles. The summed E-state index contributed by atoms with van der Waals surface area (Å²) in [5, 5.41) is 0.873.